The molecule has 1 amide bonds. The summed E-state index contributed by atoms with van der Waals surface area (Å²) in [5, 5.41) is 10.7. The van der Waals surface area contributed by atoms with Gasteiger partial charge in [-0.15, -0.1) is 10.2 Å². The number of nitrogens with zero attached hydrogens (tertiary/aromatic N) is 3. The standard InChI is InChI=1S/C20H23F3N4O/c21-20(22,23)15-1-2-16-25-26-17(27(16)11-15)10-24-18(28)9-19-6-12-3-13(7-19)5-14(4-12)8-19/h1-2,11-14H,3-10H2,(H,24,28). The fraction of sp³-hybridized carbons (Fsp3) is 0.650. The number of pyridine rings is 1. The summed E-state index contributed by atoms with van der Waals surface area (Å²) < 4.78 is 40.2. The molecule has 28 heavy (non-hydrogen) atoms. The van der Waals surface area contributed by atoms with Crippen LogP contribution >= 0.6 is 0 Å². The van der Waals surface area contributed by atoms with E-state index in [1.54, 1.807) is 0 Å². The van der Waals surface area contributed by atoms with Gasteiger partial charge in [0.05, 0.1) is 12.1 Å². The molecule has 2 heterocycles. The Labute approximate surface area is 160 Å². The molecule has 0 aromatic carbocycles. The van der Waals surface area contributed by atoms with Gasteiger partial charge in [-0.3, -0.25) is 9.20 Å². The van der Waals surface area contributed by atoms with E-state index in [-0.39, 0.29) is 17.9 Å². The van der Waals surface area contributed by atoms with Crippen molar-refractivity contribution in [2.45, 2.75) is 57.7 Å². The molecule has 6 rings (SSSR count). The van der Waals surface area contributed by atoms with Crippen LogP contribution in [0.25, 0.3) is 5.65 Å². The van der Waals surface area contributed by atoms with Gasteiger partial charge in [0.2, 0.25) is 5.91 Å². The van der Waals surface area contributed by atoms with Crippen LogP contribution in [-0.4, -0.2) is 20.5 Å². The minimum Gasteiger partial charge on any atom is -0.349 e. The maximum atomic E-state index is 13.0. The quantitative estimate of drug-likeness (QED) is 0.857. The molecule has 0 saturated heterocycles. The zero-order valence-electron chi connectivity index (χ0n) is 15.5. The Morgan fingerprint density at radius 1 is 1.11 bits per heavy atom. The number of hydrogen-bond donors (Lipinski definition) is 1. The summed E-state index contributed by atoms with van der Waals surface area (Å²) in [4.78, 5) is 12.6. The zero-order valence-corrected chi connectivity index (χ0v) is 15.5. The molecule has 4 fully saturated rings. The second-order valence-corrected chi connectivity index (χ2v) is 9.13. The maximum absolute atomic E-state index is 13.0. The molecule has 8 heteroatoms. The van der Waals surface area contributed by atoms with Gasteiger partial charge in [0.25, 0.3) is 0 Å². The number of aromatic nitrogens is 3. The summed E-state index contributed by atoms with van der Waals surface area (Å²) in [6.07, 6.45) is 4.49. The first-order valence-corrected chi connectivity index (χ1v) is 9.97. The highest BCUT2D eigenvalue weighted by molar-refractivity contribution is 5.76. The van der Waals surface area contributed by atoms with Gasteiger partial charge in [-0.05, 0) is 73.8 Å². The first kappa shape index (κ1) is 17.9. The van der Waals surface area contributed by atoms with Crippen LogP contribution in [0.1, 0.15) is 56.3 Å². The molecular weight excluding hydrogens is 369 g/mol. The second-order valence-electron chi connectivity index (χ2n) is 9.13. The van der Waals surface area contributed by atoms with Gasteiger partial charge in [-0.1, -0.05) is 0 Å². The summed E-state index contributed by atoms with van der Waals surface area (Å²) in [5.41, 5.74) is -0.297. The topological polar surface area (TPSA) is 59.3 Å². The predicted octanol–water partition coefficient (Wildman–Crippen LogP) is 3.97. The molecule has 1 N–H and O–H groups in total. The molecule has 4 saturated carbocycles. The number of hydrogen-bond acceptors (Lipinski definition) is 3. The highest BCUT2D eigenvalue weighted by Gasteiger charge is 2.51. The summed E-state index contributed by atoms with van der Waals surface area (Å²) in [5.74, 6) is 2.60. The van der Waals surface area contributed by atoms with Gasteiger partial charge in [0.1, 0.15) is 0 Å². The van der Waals surface area contributed by atoms with Gasteiger partial charge >= 0.3 is 6.18 Å². The van der Waals surface area contributed by atoms with Crippen molar-refractivity contribution in [3.8, 4) is 0 Å². The van der Waals surface area contributed by atoms with E-state index in [1.165, 1.54) is 29.7 Å². The normalized spacial score (nSPS) is 31.5. The van der Waals surface area contributed by atoms with Gasteiger partial charge in [0.15, 0.2) is 11.5 Å². The predicted molar refractivity (Wildman–Crippen MR) is 95.1 cm³/mol. The Bertz CT molecular complexity index is 885. The third-order valence-electron chi connectivity index (χ3n) is 6.94. The van der Waals surface area contributed by atoms with Crippen molar-refractivity contribution in [1.29, 1.82) is 0 Å². The number of alkyl halides is 3. The Morgan fingerprint density at radius 3 is 2.36 bits per heavy atom. The molecule has 4 bridgehead atoms. The van der Waals surface area contributed by atoms with Crippen molar-refractivity contribution in [1.82, 2.24) is 19.9 Å². The Kier molecular flexibility index (Phi) is 3.97. The lowest BCUT2D eigenvalue weighted by Gasteiger charge is -2.56. The van der Waals surface area contributed by atoms with Crippen molar-refractivity contribution in [3.63, 3.8) is 0 Å². The summed E-state index contributed by atoms with van der Waals surface area (Å²) in [6, 6.07) is 2.27. The van der Waals surface area contributed by atoms with Gasteiger partial charge < -0.3 is 5.32 Å². The average Bonchev–Trinajstić information content (AvgIpc) is 3.00. The monoisotopic (exact) mass is 392 g/mol. The molecule has 2 aromatic rings. The number of fused-ring (bicyclic) bond motifs is 1. The molecule has 4 aliphatic rings. The highest BCUT2D eigenvalue weighted by atomic mass is 19.4. The van der Waals surface area contributed by atoms with E-state index in [9.17, 15) is 18.0 Å². The number of amides is 1. The molecule has 0 unspecified atom stereocenters. The summed E-state index contributed by atoms with van der Waals surface area (Å²) in [7, 11) is 0. The number of rotatable bonds is 4. The molecule has 0 spiro atoms. The van der Waals surface area contributed by atoms with Crippen LogP contribution in [0, 0.1) is 23.2 Å². The molecule has 2 aromatic heterocycles. The second kappa shape index (κ2) is 6.19. The number of carbonyl (C=O) groups is 1. The van der Waals surface area contributed by atoms with Gasteiger partial charge in [0, 0.05) is 12.6 Å². The van der Waals surface area contributed by atoms with Crippen molar-refractivity contribution >= 4 is 11.6 Å². The van der Waals surface area contributed by atoms with Gasteiger partial charge in [-0.2, -0.15) is 13.2 Å². The summed E-state index contributed by atoms with van der Waals surface area (Å²) in [6.45, 7) is 0.0771. The number of nitrogens with one attached hydrogen (secondary N) is 1. The van der Waals surface area contributed by atoms with Crippen molar-refractivity contribution in [2.75, 3.05) is 0 Å². The van der Waals surface area contributed by atoms with E-state index in [1.807, 2.05) is 0 Å². The average molecular weight is 392 g/mol. The zero-order chi connectivity index (χ0) is 19.5. The largest absolute Gasteiger partial charge is 0.417 e. The molecular formula is C20H23F3N4O. The molecule has 150 valence electrons. The number of carbonyl (C=O) groups excluding carboxylic acids is 1. The first-order chi connectivity index (χ1) is 13.3. The molecule has 5 nitrogen and oxygen atoms in total. The molecule has 4 aliphatic carbocycles. The molecule has 0 radical (unpaired) electrons. The van der Waals surface area contributed by atoms with E-state index in [2.05, 4.69) is 15.5 Å². The Balaban J connectivity index is 1.27. The van der Waals surface area contributed by atoms with E-state index in [4.69, 9.17) is 0 Å². The van der Waals surface area contributed by atoms with Crippen LogP contribution in [-0.2, 0) is 17.5 Å². The van der Waals surface area contributed by atoms with Crippen LogP contribution in [0.2, 0.25) is 0 Å². The van der Waals surface area contributed by atoms with Crippen LogP contribution < -0.4 is 5.32 Å². The van der Waals surface area contributed by atoms with Gasteiger partial charge in [-0.25, -0.2) is 0 Å². The van der Waals surface area contributed by atoms with Crippen molar-refractivity contribution in [2.24, 2.45) is 23.2 Å². The highest BCUT2D eigenvalue weighted by Crippen LogP contribution is 2.61. The van der Waals surface area contributed by atoms with Crippen LogP contribution in [0.3, 0.4) is 0 Å². The summed E-state index contributed by atoms with van der Waals surface area (Å²) >= 11 is 0. The lowest BCUT2D eigenvalue weighted by Crippen LogP contribution is -2.48. The Morgan fingerprint density at radius 2 is 1.75 bits per heavy atom. The third-order valence-corrected chi connectivity index (χ3v) is 6.94. The van der Waals surface area contributed by atoms with Crippen LogP contribution in [0.5, 0.6) is 0 Å². The fourth-order valence-corrected chi connectivity index (χ4v) is 6.31. The SMILES string of the molecule is O=C(CC12CC3CC(CC(C3)C1)C2)NCc1nnc2ccc(C(F)(F)F)cn12. The number of halogens is 3. The molecule has 0 atom stereocenters. The van der Waals surface area contributed by atoms with E-state index >= 15 is 0 Å². The maximum Gasteiger partial charge on any atom is 0.417 e. The fourth-order valence-electron chi connectivity index (χ4n) is 6.31. The minimum atomic E-state index is -4.43. The van der Waals surface area contributed by atoms with E-state index in [0.29, 0.717) is 17.9 Å². The minimum absolute atomic E-state index is 0.0364. The van der Waals surface area contributed by atoms with Crippen molar-refractivity contribution in [3.05, 3.63) is 29.7 Å². The van der Waals surface area contributed by atoms with E-state index in [0.717, 1.165) is 49.3 Å². The Hall–Kier alpha value is -2.12. The van der Waals surface area contributed by atoms with Crippen LogP contribution in [0.15, 0.2) is 18.3 Å². The molecule has 0 aliphatic heterocycles. The first-order valence-electron chi connectivity index (χ1n) is 9.97. The smallest absolute Gasteiger partial charge is 0.349 e. The van der Waals surface area contributed by atoms with Crippen LogP contribution in [0.4, 0.5) is 13.2 Å². The van der Waals surface area contributed by atoms with Crippen molar-refractivity contribution < 1.29 is 18.0 Å². The lowest BCUT2D eigenvalue weighted by atomic mass is 9.49. The van der Waals surface area contributed by atoms with E-state index < -0.39 is 11.7 Å². The third kappa shape index (κ3) is 3.16. The lowest BCUT2D eigenvalue weighted by molar-refractivity contribution is -0.138.